The Hall–Kier alpha value is 0.0700. The van der Waals surface area contributed by atoms with Crippen molar-refractivity contribution in [3.05, 3.63) is 34.3 Å². The van der Waals surface area contributed by atoms with Crippen molar-refractivity contribution < 1.29 is 4.79 Å². The van der Waals surface area contributed by atoms with E-state index >= 15 is 0 Å². The lowest BCUT2D eigenvalue weighted by atomic mass is 10.2. The Balaban J connectivity index is 3.22. The molecule has 0 radical (unpaired) electrons. The van der Waals surface area contributed by atoms with E-state index in [0.29, 0.717) is 5.56 Å². The molecule has 0 spiro atoms. The summed E-state index contributed by atoms with van der Waals surface area (Å²) in [6.45, 7) is 0. The Morgan fingerprint density at radius 2 is 2.00 bits per heavy atom. The van der Waals surface area contributed by atoms with Crippen molar-refractivity contribution in [1.29, 1.82) is 0 Å². The Bertz CT molecular complexity index is 434. The maximum atomic E-state index is 12.1. The van der Waals surface area contributed by atoms with Crippen molar-refractivity contribution >= 4 is 48.9 Å². The van der Waals surface area contributed by atoms with E-state index in [1.807, 2.05) is 36.8 Å². The average Bonchev–Trinajstić information content (AvgIpc) is 2.00. The summed E-state index contributed by atoms with van der Waals surface area (Å²) in [6, 6.07) is 7.37. The van der Waals surface area contributed by atoms with Gasteiger partial charge in [0.15, 0.2) is 0 Å². The van der Waals surface area contributed by atoms with E-state index in [9.17, 15) is 4.79 Å². The van der Waals surface area contributed by atoms with E-state index < -0.39 is 7.18 Å². The van der Waals surface area contributed by atoms with Gasteiger partial charge in [-0.3, -0.25) is 4.79 Å². The second-order valence-corrected chi connectivity index (χ2v) is 15.4. The molecule has 4 heteroatoms. The molecule has 78 valence electrons. The summed E-state index contributed by atoms with van der Waals surface area (Å²) in [6.07, 6.45) is 3.72. The van der Waals surface area contributed by atoms with Gasteiger partial charge in [0.2, 0.25) is 5.12 Å². The summed E-state index contributed by atoms with van der Waals surface area (Å²) in [7, 11) is -2.34. The van der Waals surface area contributed by atoms with Gasteiger partial charge in [0.1, 0.15) is 0 Å². The molecule has 1 aromatic carbocycles. The van der Waals surface area contributed by atoms with E-state index in [1.165, 1.54) is 0 Å². The minimum atomic E-state index is -2.34. The SMILES string of the molecule is C=S(C)(C)(Br)C(=O)c1cccc(Br)c1. The summed E-state index contributed by atoms with van der Waals surface area (Å²) in [5.41, 5.74) is 0.693. The zero-order valence-corrected chi connectivity index (χ0v) is 12.1. The van der Waals surface area contributed by atoms with Crippen LogP contribution in [0.1, 0.15) is 10.4 Å². The van der Waals surface area contributed by atoms with Gasteiger partial charge in [0.05, 0.1) is 0 Å². The molecule has 0 bridgehead atoms. The monoisotopic (exact) mass is 338 g/mol. The molecule has 14 heavy (non-hydrogen) atoms. The van der Waals surface area contributed by atoms with Crippen LogP contribution in [0.5, 0.6) is 0 Å². The topological polar surface area (TPSA) is 17.1 Å². The second-order valence-electron chi connectivity index (χ2n) is 3.83. The van der Waals surface area contributed by atoms with Crippen molar-refractivity contribution in [2.24, 2.45) is 0 Å². The fraction of sp³-hybridized carbons (Fsp3) is 0.200. The zero-order chi connectivity index (χ0) is 11.0. The van der Waals surface area contributed by atoms with Gasteiger partial charge < -0.3 is 0 Å². The highest BCUT2D eigenvalue weighted by Gasteiger charge is 2.25. The van der Waals surface area contributed by atoms with Crippen LogP contribution in [0.25, 0.3) is 0 Å². The number of hydrogen-bond donors (Lipinski definition) is 0. The molecule has 0 fully saturated rings. The molecule has 0 heterocycles. The van der Waals surface area contributed by atoms with Crippen molar-refractivity contribution in [2.75, 3.05) is 12.5 Å². The van der Waals surface area contributed by atoms with E-state index in [1.54, 1.807) is 0 Å². The maximum absolute atomic E-state index is 12.1. The van der Waals surface area contributed by atoms with Gasteiger partial charge in [-0.2, -0.15) is 0 Å². The van der Waals surface area contributed by atoms with E-state index in [-0.39, 0.29) is 5.12 Å². The average molecular weight is 340 g/mol. The van der Waals surface area contributed by atoms with Gasteiger partial charge in [-0.05, 0) is 39.5 Å². The molecule has 0 aromatic heterocycles. The number of halogens is 2. The minimum absolute atomic E-state index is 0.0725. The quantitative estimate of drug-likeness (QED) is 0.708. The fourth-order valence-electron chi connectivity index (χ4n) is 0.979. The standard InChI is InChI=1S/C10H12Br2OS/c1-14(2,3,12)10(13)8-5-4-6-9(11)7-8/h4-7H,1H2,2-3H3. The fourth-order valence-corrected chi connectivity index (χ4v) is 2.79. The Morgan fingerprint density at radius 3 is 2.43 bits per heavy atom. The molecule has 0 atom stereocenters. The van der Waals surface area contributed by atoms with Gasteiger partial charge in [0, 0.05) is 10.0 Å². The van der Waals surface area contributed by atoms with Crippen LogP contribution < -0.4 is 0 Å². The summed E-state index contributed by atoms with van der Waals surface area (Å²) in [5, 5.41) is 0.0725. The number of carbonyl (C=O) groups is 1. The van der Waals surface area contributed by atoms with Crippen molar-refractivity contribution in [3.63, 3.8) is 0 Å². The molecule has 0 saturated heterocycles. The lowest BCUT2D eigenvalue weighted by molar-refractivity contribution is 0.108. The van der Waals surface area contributed by atoms with Crippen molar-refractivity contribution in [1.82, 2.24) is 0 Å². The molecule has 1 aromatic rings. The van der Waals surface area contributed by atoms with Gasteiger partial charge in [-0.25, -0.2) is 0 Å². The molecule has 0 aliphatic rings. The lowest BCUT2D eigenvalue weighted by Gasteiger charge is -2.30. The van der Waals surface area contributed by atoms with Crippen LogP contribution >= 0.6 is 37.9 Å². The van der Waals surface area contributed by atoms with Crippen LogP contribution in [-0.4, -0.2) is 23.5 Å². The first-order valence-electron chi connectivity index (χ1n) is 3.93. The van der Waals surface area contributed by atoms with Crippen LogP contribution in [-0.2, 0) is 0 Å². The van der Waals surface area contributed by atoms with Gasteiger partial charge in [0.25, 0.3) is 0 Å². The molecule has 1 nitrogen and oxygen atoms in total. The highest BCUT2D eigenvalue weighted by Crippen LogP contribution is 2.59. The predicted octanol–water partition coefficient (Wildman–Crippen LogP) is 3.93. The molecule has 0 amide bonds. The van der Waals surface area contributed by atoms with Crippen LogP contribution in [0.3, 0.4) is 0 Å². The molecule has 0 unspecified atom stereocenters. The zero-order valence-electron chi connectivity index (χ0n) is 8.09. The normalized spacial score (nSPS) is 14.4. The Labute approximate surface area is 100 Å². The molecule has 1 rings (SSSR count). The predicted molar refractivity (Wildman–Crippen MR) is 74.0 cm³/mol. The van der Waals surface area contributed by atoms with E-state index in [4.69, 9.17) is 0 Å². The van der Waals surface area contributed by atoms with E-state index in [0.717, 1.165) is 4.47 Å². The Morgan fingerprint density at radius 1 is 1.43 bits per heavy atom. The van der Waals surface area contributed by atoms with Crippen LogP contribution in [0.4, 0.5) is 0 Å². The van der Waals surface area contributed by atoms with Crippen molar-refractivity contribution in [2.45, 2.75) is 0 Å². The number of carbonyl (C=O) groups excluding carboxylic acids is 1. The van der Waals surface area contributed by atoms with Gasteiger partial charge in [-0.15, -0.1) is 7.18 Å². The molecular formula is C10H12Br2OS. The van der Waals surface area contributed by atoms with Gasteiger partial charge >= 0.3 is 0 Å². The number of benzene rings is 1. The summed E-state index contributed by atoms with van der Waals surface area (Å²) in [4.78, 5) is 12.1. The second kappa shape index (κ2) is 3.58. The first-order valence-corrected chi connectivity index (χ1v) is 9.59. The minimum Gasteiger partial charge on any atom is -0.283 e. The molecule has 0 aliphatic heterocycles. The largest absolute Gasteiger partial charge is 0.283 e. The first kappa shape index (κ1) is 12.1. The third kappa shape index (κ3) is 3.04. The molecule has 0 N–H and O–H groups in total. The lowest BCUT2D eigenvalue weighted by Crippen LogP contribution is -2.10. The Kier molecular flexibility index (Phi) is 3.10. The highest BCUT2D eigenvalue weighted by molar-refractivity contribution is 9.63. The number of rotatable bonds is 1. The van der Waals surface area contributed by atoms with E-state index in [2.05, 4.69) is 36.6 Å². The van der Waals surface area contributed by atoms with Crippen LogP contribution in [0.2, 0.25) is 0 Å². The third-order valence-corrected chi connectivity index (χ3v) is 4.39. The molecule has 0 aliphatic carbocycles. The van der Waals surface area contributed by atoms with Crippen molar-refractivity contribution in [3.8, 4) is 0 Å². The summed E-state index contributed by atoms with van der Waals surface area (Å²) >= 11 is 6.78. The molecule has 0 saturated carbocycles. The maximum Gasteiger partial charge on any atom is 0.206 e. The highest BCUT2D eigenvalue weighted by atomic mass is 79.9. The van der Waals surface area contributed by atoms with Gasteiger partial charge in [-0.1, -0.05) is 33.9 Å². The third-order valence-electron chi connectivity index (χ3n) is 1.63. The summed E-state index contributed by atoms with van der Waals surface area (Å²) in [5.74, 6) is 3.97. The number of hydrogen-bond acceptors (Lipinski definition) is 1. The summed E-state index contributed by atoms with van der Waals surface area (Å²) < 4.78 is 0.910. The van der Waals surface area contributed by atoms with Crippen LogP contribution in [0, 0.1) is 0 Å². The molecular weight excluding hydrogens is 328 g/mol. The van der Waals surface area contributed by atoms with Crippen LogP contribution in [0.15, 0.2) is 28.7 Å². The smallest absolute Gasteiger partial charge is 0.206 e. The first-order chi connectivity index (χ1) is 6.17.